The van der Waals surface area contributed by atoms with Gasteiger partial charge in [0.25, 0.3) is 0 Å². The van der Waals surface area contributed by atoms with Crippen LogP contribution in [0.4, 0.5) is 0 Å². The molecule has 0 spiro atoms. The first-order valence-electron chi connectivity index (χ1n) is 6.23. The molecule has 1 aliphatic rings. The molecular weight excluding hydrogens is 284 g/mol. The van der Waals surface area contributed by atoms with Gasteiger partial charge in [-0.15, -0.1) is 12.4 Å². The van der Waals surface area contributed by atoms with Gasteiger partial charge >= 0.3 is 0 Å². The first-order chi connectivity index (χ1) is 8.45. The normalized spacial score (nSPS) is 24.2. The molecule has 0 bridgehead atoms. The van der Waals surface area contributed by atoms with E-state index in [4.69, 9.17) is 5.73 Å². The lowest BCUT2D eigenvalue weighted by Gasteiger charge is -2.21. The molecule has 2 atom stereocenters. The van der Waals surface area contributed by atoms with Crippen LogP contribution in [-0.2, 0) is 10.0 Å². The van der Waals surface area contributed by atoms with Crippen LogP contribution in [0.5, 0.6) is 0 Å². The third kappa shape index (κ3) is 3.28. The zero-order valence-corrected chi connectivity index (χ0v) is 12.9. The number of hydrogen-bond acceptors (Lipinski definition) is 3. The maximum absolute atomic E-state index is 12.5. The van der Waals surface area contributed by atoms with Crippen molar-refractivity contribution in [2.24, 2.45) is 11.7 Å². The maximum atomic E-state index is 12.5. The largest absolute Gasteiger partial charge is 0.330 e. The third-order valence-corrected chi connectivity index (χ3v) is 5.56. The van der Waals surface area contributed by atoms with Gasteiger partial charge in [0.2, 0.25) is 10.0 Å². The van der Waals surface area contributed by atoms with Crippen molar-refractivity contribution in [3.05, 3.63) is 29.8 Å². The summed E-state index contributed by atoms with van der Waals surface area (Å²) in [6, 6.07) is 7.03. The summed E-state index contributed by atoms with van der Waals surface area (Å²) in [5, 5.41) is 0. The van der Waals surface area contributed by atoms with E-state index in [1.54, 1.807) is 16.4 Å². The van der Waals surface area contributed by atoms with Crippen LogP contribution in [0.1, 0.15) is 18.9 Å². The molecule has 19 heavy (non-hydrogen) atoms. The van der Waals surface area contributed by atoms with Crippen LogP contribution in [0.15, 0.2) is 29.2 Å². The van der Waals surface area contributed by atoms with E-state index in [2.05, 4.69) is 0 Å². The number of rotatable bonds is 3. The van der Waals surface area contributed by atoms with Crippen molar-refractivity contribution >= 4 is 22.4 Å². The number of halogens is 1. The number of nitrogens with two attached hydrogens (primary N) is 1. The van der Waals surface area contributed by atoms with Gasteiger partial charge in [-0.3, -0.25) is 0 Å². The second kappa shape index (κ2) is 6.22. The molecule has 1 aromatic carbocycles. The summed E-state index contributed by atoms with van der Waals surface area (Å²) in [6.07, 6.45) is 0.849. The van der Waals surface area contributed by atoms with Crippen LogP contribution >= 0.6 is 12.4 Å². The van der Waals surface area contributed by atoms with Crippen LogP contribution in [0.25, 0.3) is 0 Å². The average Bonchev–Trinajstić information content (AvgIpc) is 2.72. The highest BCUT2D eigenvalue weighted by Gasteiger charge is 2.37. The van der Waals surface area contributed by atoms with E-state index >= 15 is 0 Å². The van der Waals surface area contributed by atoms with Gasteiger partial charge in [-0.1, -0.05) is 17.7 Å². The molecule has 2 rings (SSSR count). The summed E-state index contributed by atoms with van der Waals surface area (Å²) in [5.74, 6) is 0.278. The molecule has 0 saturated carbocycles. The second-order valence-electron chi connectivity index (χ2n) is 5.07. The lowest BCUT2D eigenvalue weighted by Crippen LogP contribution is -2.34. The Hall–Kier alpha value is -0.620. The van der Waals surface area contributed by atoms with Gasteiger partial charge in [-0.2, -0.15) is 4.31 Å². The Morgan fingerprint density at radius 1 is 1.32 bits per heavy atom. The monoisotopic (exact) mass is 304 g/mol. The highest BCUT2D eigenvalue weighted by Crippen LogP contribution is 2.28. The van der Waals surface area contributed by atoms with Crippen LogP contribution < -0.4 is 5.73 Å². The fourth-order valence-corrected chi connectivity index (χ4v) is 4.18. The fourth-order valence-electron chi connectivity index (χ4n) is 2.46. The Labute approximate surface area is 121 Å². The van der Waals surface area contributed by atoms with E-state index in [1.165, 1.54) is 0 Å². The summed E-state index contributed by atoms with van der Waals surface area (Å²) in [7, 11) is -3.37. The van der Waals surface area contributed by atoms with Gasteiger partial charge in [-0.05, 0) is 44.9 Å². The number of nitrogens with zero attached hydrogens (tertiary/aromatic N) is 1. The molecule has 0 aliphatic carbocycles. The van der Waals surface area contributed by atoms with Crippen LogP contribution in [0, 0.1) is 12.8 Å². The lowest BCUT2D eigenvalue weighted by atomic mass is 10.1. The molecule has 1 saturated heterocycles. The highest BCUT2D eigenvalue weighted by atomic mass is 35.5. The van der Waals surface area contributed by atoms with Gasteiger partial charge in [0.1, 0.15) is 0 Å². The molecule has 0 radical (unpaired) electrons. The molecule has 6 heteroatoms. The van der Waals surface area contributed by atoms with E-state index in [9.17, 15) is 8.42 Å². The summed E-state index contributed by atoms with van der Waals surface area (Å²) in [4.78, 5) is 0.373. The van der Waals surface area contributed by atoms with Crippen LogP contribution in [0.3, 0.4) is 0 Å². The molecule has 1 aromatic rings. The van der Waals surface area contributed by atoms with E-state index in [1.807, 2.05) is 26.0 Å². The smallest absolute Gasteiger partial charge is 0.243 e. The van der Waals surface area contributed by atoms with E-state index < -0.39 is 10.0 Å². The zero-order valence-electron chi connectivity index (χ0n) is 11.2. The minimum Gasteiger partial charge on any atom is -0.330 e. The predicted molar refractivity (Wildman–Crippen MR) is 78.9 cm³/mol. The molecule has 4 nitrogen and oxygen atoms in total. The Bertz CT molecular complexity index is 516. The van der Waals surface area contributed by atoms with Crippen molar-refractivity contribution in [2.75, 3.05) is 13.1 Å². The summed E-state index contributed by atoms with van der Waals surface area (Å²) in [6.45, 7) is 4.97. The molecule has 2 unspecified atom stereocenters. The molecule has 2 N–H and O–H groups in total. The fraction of sp³-hybridized carbons (Fsp3) is 0.538. The summed E-state index contributed by atoms with van der Waals surface area (Å²) >= 11 is 0. The third-order valence-electron chi connectivity index (χ3n) is 3.57. The number of hydrogen-bond donors (Lipinski definition) is 1. The first-order valence-corrected chi connectivity index (χ1v) is 7.67. The van der Waals surface area contributed by atoms with Gasteiger partial charge in [-0.25, -0.2) is 8.42 Å². The minimum absolute atomic E-state index is 0. The van der Waals surface area contributed by atoms with E-state index in [-0.39, 0.29) is 24.4 Å². The van der Waals surface area contributed by atoms with Crippen LogP contribution in [0.2, 0.25) is 0 Å². The van der Waals surface area contributed by atoms with Crippen molar-refractivity contribution in [3.8, 4) is 0 Å². The summed E-state index contributed by atoms with van der Waals surface area (Å²) < 4.78 is 26.6. The Kier molecular flexibility index (Phi) is 5.38. The van der Waals surface area contributed by atoms with Crippen molar-refractivity contribution in [1.82, 2.24) is 4.31 Å². The van der Waals surface area contributed by atoms with E-state index in [0.717, 1.165) is 12.0 Å². The first kappa shape index (κ1) is 16.4. The highest BCUT2D eigenvalue weighted by molar-refractivity contribution is 7.89. The average molecular weight is 305 g/mol. The SMILES string of the molecule is Cc1ccc(S(=O)(=O)N2CC(CN)CC2C)cc1.Cl. The predicted octanol–water partition coefficient (Wildman–Crippen LogP) is 1.77. The Balaban J connectivity index is 0.00000180. The van der Waals surface area contributed by atoms with Crippen molar-refractivity contribution in [3.63, 3.8) is 0 Å². The molecular formula is C13H21ClN2O2S. The molecule has 1 heterocycles. The number of aryl methyl sites for hydroxylation is 1. The van der Waals surface area contributed by atoms with Crippen molar-refractivity contribution < 1.29 is 8.42 Å². The van der Waals surface area contributed by atoms with E-state index in [0.29, 0.717) is 18.0 Å². The Morgan fingerprint density at radius 3 is 2.37 bits per heavy atom. The molecule has 108 valence electrons. The lowest BCUT2D eigenvalue weighted by molar-refractivity contribution is 0.404. The topological polar surface area (TPSA) is 63.4 Å². The van der Waals surface area contributed by atoms with Crippen LogP contribution in [-0.4, -0.2) is 31.9 Å². The molecule has 1 aliphatic heterocycles. The van der Waals surface area contributed by atoms with Gasteiger partial charge < -0.3 is 5.73 Å². The summed E-state index contributed by atoms with van der Waals surface area (Å²) in [5.41, 5.74) is 6.70. The molecule has 1 fully saturated rings. The van der Waals surface area contributed by atoms with Gasteiger partial charge in [0, 0.05) is 12.6 Å². The number of sulfonamides is 1. The molecule has 0 amide bonds. The van der Waals surface area contributed by atoms with Crippen molar-refractivity contribution in [2.45, 2.75) is 31.2 Å². The second-order valence-corrected chi connectivity index (χ2v) is 6.96. The zero-order chi connectivity index (χ0) is 13.3. The number of benzene rings is 1. The minimum atomic E-state index is -3.37. The molecule has 0 aromatic heterocycles. The Morgan fingerprint density at radius 2 is 1.89 bits per heavy atom. The van der Waals surface area contributed by atoms with Gasteiger partial charge in [0.15, 0.2) is 0 Å². The maximum Gasteiger partial charge on any atom is 0.243 e. The standard InChI is InChI=1S/C13H20N2O2S.ClH/c1-10-3-5-13(6-4-10)18(16,17)15-9-12(8-14)7-11(15)2;/h3-6,11-12H,7-9,14H2,1-2H3;1H. The van der Waals surface area contributed by atoms with Gasteiger partial charge in [0.05, 0.1) is 4.90 Å². The quantitative estimate of drug-likeness (QED) is 0.926. The van der Waals surface area contributed by atoms with Crippen molar-refractivity contribution in [1.29, 1.82) is 0 Å².